The number of thioether (sulfide) groups is 1. The number of carbonyl (C=O) groups is 2. The summed E-state index contributed by atoms with van der Waals surface area (Å²) in [5.74, 6) is 0.318. The Bertz CT molecular complexity index is 653. The summed E-state index contributed by atoms with van der Waals surface area (Å²) in [4.78, 5) is 24.9. The third-order valence-electron chi connectivity index (χ3n) is 4.96. The van der Waals surface area contributed by atoms with E-state index < -0.39 is 0 Å². The van der Waals surface area contributed by atoms with Crippen molar-refractivity contribution in [1.82, 2.24) is 0 Å². The summed E-state index contributed by atoms with van der Waals surface area (Å²) < 4.78 is 0. The molecule has 0 amide bonds. The fraction of sp³-hybridized carbons (Fsp3) is 0.474. The molecular formula is C19H22O2S. The minimum atomic E-state index is -0.121. The molecule has 0 spiro atoms. The quantitative estimate of drug-likeness (QED) is 0.741. The van der Waals surface area contributed by atoms with Gasteiger partial charge >= 0.3 is 0 Å². The van der Waals surface area contributed by atoms with Gasteiger partial charge in [0.1, 0.15) is 5.78 Å². The van der Waals surface area contributed by atoms with E-state index in [4.69, 9.17) is 0 Å². The Morgan fingerprint density at radius 1 is 1.23 bits per heavy atom. The molecule has 0 N–H and O–H groups in total. The van der Waals surface area contributed by atoms with E-state index in [-0.39, 0.29) is 5.41 Å². The first-order valence-corrected chi connectivity index (χ1v) is 8.84. The summed E-state index contributed by atoms with van der Waals surface area (Å²) >= 11 is 1.40. The van der Waals surface area contributed by atoms with Gasteiger partial charge in [0, 0.05) is 23.2 Å². The van der Waals surface area contributed by atoms with Crippen molar-refractivity contribution in [2.75, 3.05) is 0 Å². The average molecular weight is 314 g/mol. The summed E-state index contributed by atoms with van der Waals surface area (Å²) in [5.41, 5.74) is 3.43. The standard InChI is InChI=1S/C19H22O2S/c1-13-4-5-15(14-6-8-16(20)9-7-14)12-17(13)22-18(21)19(2)10-3-11-19/h4-6,12H,3,7-11H2,1-2H3. The molecule has 0 heterocycles. The number of Topliss-reactive ketones (excluding diaryl/α,β-unsaturated/α-hetero) is 1. The summed E-state index contributed by atoms with van der Waals surface area (Å²) in [6, 6.07) is 6.32. The topological polar surface area (TPSA) is 34.1 Å². The number of rotatable bonds is 3. The molecule has 116 valence electrons. The monoisotopic (exact) mass is 314 g/mol. The largest absolute Gasteiger partial charge is 0.299 e. The van der Waals surface area contributed by atoms with Gasteiger partial charge in [-0.25, -0.2) is 0 Å². The highest BCUT2D eigenvalue weighted by Gasteiger charge is 2.39. The number of benzene rings is 1. The lowest BCUT2D eigenvalue weighted by Crippen LogP contribution is -2.32. The van der Waals surface area contributed by atoms with E-state index in [1.165, 1.54) is 23.8 Å². The second-order valence-corrected chi connectivity index (χ2v) is 7.77. The van der Waals surface area contributed by atoms with Crippen LogP contribution in [0.15, 0.2) is 29.2 Å². The maximum absolute atomic E-state index is 12.5. The first kappa shape index (κ1) is 15.5. The van der Waals surface area contributed by atoms with Gasteiger partial charge in [0.25, 0.3) is 0 Å². The van der Waals surface area contributed by atoms with Crippen LogP contribution in [0.5, 0.6) is 0 Å². The minimum Gasteiger partial charge on any atom is -0.299 e. The van der Waals surface area contributed by atoms with Crippen molar-refractivity contribution in [1.29, 1.82) is 0 Å². The summed E-state index contributed by atoms with van der Waals surface area (Å²) in [7, 11) is 0. The SMILES string of the molecule is Cc1ccc(C2=CCC(=O)CC2)cc1SC(=O)C1(C)CCC1. The summed E-state index contributed by atoms with van der Waals surface area (Å²) in [6.45, 7) is 4.14. The number of aryl methyl sites for hydroxylation is 1. The van der Waals surface area contributed by atoms with Crippen LogP contribution in [0.2, 0.25) is 0 Å². The van der Waals surface area contributed by atoms with Gasteiger partial charge in [0.15, 0.2) is 5.12 Å². The maximum Gasteiger partial charge on any atom is 0.199 e. The molecule has 3 heteroatoms. The predicted octanol–water partition coefficient (Wildman–Crippen LogP) is 4.94. The van der Waals surface area contributed by atoms with Gasteiger partial charge < -0.3 is 0 Å². The van der Waals surface area contributed by atoms with Crippen LogP contribution in [-0.4, -0.2) is 10.9 Å². The highest BCUT2D eigenvalue weighted by Crippen LogP contribution is 2.46. The zero-order valence-electron chi connectivity index (χ0n) is 13.3. The van der Waals surface area contributed by atoms with Crippen LogP contribution >= 0.6 is 11.8 Å². The lowest BCUT2D eigenvalue weighted by Gasteiger charge is -2.36. The molecule has 0 atom stereocenters. The second-order valence-electron chi connectivity index (χ2n) is 6.76. The zero-order valence-corrected chi connectivity index (χ0v) is 14.1. The molecule has 0 aromatic heterocycles. The number of carbonyl (C=O) groups excluding carboxylic acids is 2. The molecule has 0 unspecified atom stereocenters. The minimum absolute atomic E-state index is 0.121. The van der Waals surface area contributed by atoms with Crippen molar-refractivity contribution in [3.63, 3.8) is 0 Å². The van der Waals surface area contributed by atoms with Crippen molar-refractivity contribution in [3.05, 3.63) is 35.4 Å². The van der Waals surface area contributed by atoms with Crippen LogP contribution < -0.4 is 0 Å². The third kappa shape index (κ3) is 3.05. The molecule has 0 aliphatic heterocycles. The van der Waals surface area contributed by atoms with E-state index in [9.17, 15) is 9.59 Å². The van der Waals surface area contributed by atoms with Gasteiger partial charge in [0.05, 0.1) is 0 Å². The first-order chi connectivity index (χ1) is 10.5. The Morgan fingerprint density at radius 3 is 2.59 bits per heavy atom. The molecular weight excluding hydrogens is 292 g/mol. The number of allylic oxidation sites excluding steroid dienone is 2. The highest BCUT2D eigenvalue weighted by molar-refractivity contribution is 8.13. The molecule has 0 radical (unpaired) electrons. The molecule has 2 aliphatic carbocycles. The molecule has 0 saturated heterocycles. The van der Waals surface area contributed by atoms with E-state index in [0.29, 0.717) is 23.7 Å². The van der Waals surface area contributed by atoms with Crippen LogP contribution in [0.1, 0.15) is 56.6 Å². The summed E-state index contributed by atoms with van der Waals surface area (Å²) in [5, 5.41) is 0.298. The second kappa shape index (κ2) is 6.04. The van der Waals surface area contributed by atoms with Crippen molar-refractivity contribution >= 4 is 28.2 Å². The molecule has 3 rings (SSSR count). The van der Waals surface area contributed by atoms with E-state index in [1.54, 1.807) is 0 Å². The Morgan fingerprint density at radius 2 is 2.00 bits per heavy atom. The molecule has 1 saturated carbocycles. The van der Waals surface area contributed by atoms with Crippen LogP contribution in [0.25, 0.3) is 5.57 Å². The molecule has 0 bridgehead atoms. The fourth-order valence-corrected chi connectivity index (χ4v) is 4.09. The smallest absolute Gasteiger partial charge is 0.199 e. The van der Waals surface area contributed by atoms with Crippen molar-refractivity contribution < 1.29 is 9.59 Å². The van der Waals surface area contributed by atoms with E-state index in [1.807, 2.05) is 6.08 Å². The van der Waals surface area contributed by atoms with E-state index in [2.05, 4.69) is 32.0 Å². The Labute approximate surface area is 136 Å². The first-order valence-electron chi connectivity index (χ1n) is 8.02. The maximum atomic E-state index is 12.5. The Hall–Kier alpha value is -1.35. The molecule has 2 nitrogen and oxygen atoms in total. The lowest BCUT2D eigenvalue weighted by atomic mass is 9.72. The van der Waals surface area contributed by atoms with Crippen molar-refractivity contribution in [2.24, 2.45) is 5.41 Å². The number of hydrogen-bond donors (Lipinski definition) is 0. The van der Waals surface area contributed by atoms with Gasteiger partial charge in [-0.2, -0.15) is 0 Å². The molecule has 1 aromatic carbocycles. The average Bonchev–Trinajstić information content (AvgIpc) is 2.48. The van der Waals surface area contributed by atoms with Crippen LogP contribution in [0, 0.1) is 12.3 Å². The lowest BCUT2D eigenvalue weighted by molar-refractivity contribution is -0.122. The molecule has 22 heavy (non-hydrogen) atoms. The molecule has 2 aliphatic rings. The predicted molar refractivity (Wildman–Crippen MR) is 90.8 cm³/mol. The Balaban J connectivity index is 1.81. The van der Waals surface area contributed by atoms with Gasteiger partial charge in [-0.3, -0.25) is 9.59 Å². The molecule has 1 aromatic rings. The number of hydrogen-bond acceptors (Lipinski definition) is 3. The van der Waals surface area contributed by atoms with Gasteiger partial charge in [0.2, 0.25) is 0 Å². The highest BCUT2D eigenvalue weighted by atomic mass is 32.2. The van der Waals surface area contributed by atoms with Crippen LogP contribution in [-0.2, 0) is 9.59 Å². The van der Waals surface area contributed by atoms with E-state index in [0.717, 1.165) is 35.3 Å². The third-order valence-corrected chi connectivity index (χ3v) is 6.30. The fourth-order valence-electron chi connectivity index (χ4n) is 3.02. The van der Waals surface area contributed by atoms with Gasteiger partial charge in [-0.15, -0.1) is 0 Å². The van der Waals surface area contributed by atoms with Crippen LogP contribution in [0.4, 0.5) is 0 Å². The summed E-state index contributed by atoms with van der Waals surface area (Å²) in [6.07, 6.45) is 7.25. The van der Waals surface area contributed by atoms with Crippen molar-refractivity contribution in [3.8, 4) is 0 Å². The number of ketones is 1. The Kier molecular flexibility index (Phi) is 4.26. The normalized spacial score (nSPS) is 20.3. The van der Waals surface area contributed by atoms with Gasteiger partial charge in [-0.05, 0) is 49.0 Å². The molecule has 1 fully saturated rings. The zero-order chi connectivity index (χ0) is 15.7. The van der Waals surface area contributed by atoms with Crippen molar-refractivity contribution in [2.45, 2.75) is 57.3 Å². The van der Waals surface area contributed by atoms with Gasteiger partial charge in [-0.1, -0.05) is 43.3 Å². The van der Waals surface area contributed by atoms with Crippen LogP contribution in [0.3, 0.4) is 0 Å². The van der Waals surface area contributed by atoms with E-state index >= 15 is 0 Å².